The summed E-state index contributed by atoms with van der Waals surface area (Å²) in [5.74, 6) is 1.06. The molecule has 1 N–H and O–H groups in total. The minimum absolute atomic E-state index is 0.00407. The van der Waals surface area contributed by atoms with Gasteiger partial charge < -0.3 is 10.2 Å². The summed E-state index contributed by atoms with van der Waals surface area (Å²) in [4.78, 5) is 23.7. The average Bonchev–Trinajstić information content (AvgIpc) is 2.90. The second kappa shape index (κ2) is 12.2. The van der Waals surface area contributed by atoms with E-state index in [0.29, 0.717) is 33.2 Å². The highest BCUT2D eigenvalue weighted by molar-refractivity contribution is 7.98. The van der Waals surface area contributed by atoms with Crippen molar-refractivity contribution in [3.05, 3.63) is 82.0 Å². The van der Waals surface area contributed by atoms with E-state index in [-0.39, 0.29) is 12.5 Å². The van der Waals surface area contributed by atoms with Crippen LogP contribution in [0.25, 0.3) is 0 Å². The van der Waals surface area contributed by atoms with E-state index in [0.717, 1.165) is 36.4 Å². The molecule has 1 aromatic heterocycles. The Bertz CT molecular complexity index is 1220. The number of hydrogen-bond donors (Lipinski definition) is 1. The number of thioether (sulfide) groups is 1. The monoisotopic (exact) mass is 548 g/mol. The Hall–Kier alpha value is -2.78. The number of anilines is 1. The molecule has 4 rings (SSSR count). The SMILES string of the molecule is CN(c1cc(Cl)nc(SCc2ccc(C(=O)NCc3cccc(C(F)(F)F)c3)cc2)n1)C1CCCCC1. The number of alkyl halides is 3. The Morgan fingerprint density at radius 3 is 2.49 bits per heavy atom. The first-order valence-corrected chi connectivity index (χ1v) is 13.5. The predicted molar refractivity (Wildman–Crippen MR) is 141 cm³/mol. The Morgan fingerprint density at radius 2 is 1.78 bits per heavy atom. The van der Waals surface area contributed by atoms with Gasteiger partial charge in [0, 0.05) is 37.0 Å². The van der Waals surface area contributed by atoms with Gasteiger partial charge in [-0.05, 0) is 48.2 Å². The third-order valence-corrected chi connectivity index (χ3v) is 7.55. The quantitative estimate of drug-likeness (QED) is 0.184. The molecule has 1 aliphatic rings. The molecule has 1 fully saturated rings. The molecule has 0 radical (unpaired) electrons. The molecular formula is C27H28ClF3N4OS. The van der Waals surface area contributed by atoms with Crippen LogP contribution in [0.5, 0.6) is 0 Å². The first kappa shape index (κ1) is 27.3. The molecule has 0 bridgehead atoms. The van der Waals surface area contributed by atoms with Crippen LogP contribution in [0.2, 0.25) is 5.15 Å². The lowest BCUT2D eigenvalue weighted by Crippen LogP contribution is -2.34. The minimum Gasteiger partial charge on any atom is -0.357 e. The molecule has 1 amide bonds. The molecule has 0 unspecified atom stereocenters. The maximum atomic E-state index is 12.9. The van der Waals surface area contributed by atoms with Crippen LogP contribution >= 0.6 is 23.4 Å². The fraction of sp³-hybridized carbons (Fsp3) is 0.370. The third-order valence-electron chi connectivity index (χ3n) is 6.44. The van der Waals surface area contributed by atoms with Gasteiger partial charge in [0.25, 0.3) is 5.91 Å². The van der Waals surface area contributed by atoms with Crippen LogP contribution in [-0.4, -0.2) is 29.0 Å². The number of aromatic nitrogens is 2. The normalized spacial score (nSPS) is 14.4. The van der Waals surface area contributed by atoms with Crippen molar-refractivity contribution in [3.8, 4) is 0 Å². The van der Waals surface area contributed by atoms with Gasteiger partial charge in [-0.2, -0.15) is 13.2 Å². The zero-order chi connectivity index (χ0) is 26.4. The lowest BCUT2D eigenvalue weighted by molar-refractivity contribution is -0.137. The molecule has 0 spiro atoms. The maximum absolute atomic E-state index is 12.9. The van der Waals surface area contributed by atoms with Gasteiger partial charge in [0.2, 0.25) is 0 Å². The van der Waals surface area contributed by atoms with Crippen LogP contribution in [0, 0.1) is 0 Å². The fourth-order valence-electron chi connectivity index (χ4n) is 4.33. The van der Waals surface area contributed by atoms with E-state index in [1.807, 2.05) is 12.1 Å². The van der Waals surface area contributed by atoms with Crippen molar-refractivity contribution in [1.29, 1.82) is 0 Å². The fourth-order valence-corrected chi connectivity index (χ4v) is 5.37. The van der Waals surface area contributed by atoms with Gasteiger partial charge in [-0.15, -0.1) is 0 Å². The van der Waals surface area contributed by atoms with Gasteiger partial charge >= 0.3 is 6.18 Å². The van der Waals surface area contributed by atoms with Crippen molar-refractivity contribution in [2.75, 3.05) is 11.9 Å². The number of halogens is 4. The van der Waals surface area contributed by atoms with Crippen molar-refractivity contribution in [3.63, 3.8) is 0 Å². The highest BCUT2D eigenvalue weighted by Crippen LogP contribution is 2.30. The summed E-state index contributed by atoms with van der Waals surface area (Å²) in [6, 6.07) is 14.2. The number of carbonyl (C=O) groups excluding carboxylic acids is 1. The van der Waals surface area contributed by atoms with Gasteiger partial charge in [0.05, 0.1) is 5.56 Å². The summed E-state index contributed by atoms with van der Waals surface area (Å²) in [6.07, 6.45) is 1.63. The second-order valence-corrected chi connectivity index (χ2v) is 10.4. The van der Waals surface area contributed by atoms with Gasteiger partial charge in [0.1, 0.15) is 11.0 Å². The first-order chi connectivity index (χ1) is 17.7. The lowest BCUT2D eigenvalue weighted by atomic mass is 9.94. The number of nitrogens with zero attached hydrogens (tertiary/aromatic N) is 3. The molecule has 196 valence electrons. The van der Waals surface area contributed by atoms with Crippen molar-refractivity contribution in [1.82, 2.24) is 15.3 Å². The number of amides is 1. The van der Waals surface area contributed by atoms with Crippen LogP contribution in [0.4, 0.5) is 19.0 Å². The van der Waals surface area contributed by atoms with Crippen LogP contribution in [0.1, 0.15) is 59.2 Å². The highest BCUT2D eigenvalue weighted by atomic mass is 35.5. The lowest BCUT2D eigenvalue weighted by Gasteiger charge is -2.32. The smallest absolute Gasteiger partial charge is 0.357 e. The number of benzene rings is 2. The summed E-state index contributed by atoms with van der Waals surface area (Å²) >= 11 is 7.75. The largest absolute Gasteiger partial charge is 0.416 e. The molecule has 1 saturated carbocycles. The number of carbonyl (C=O) groups is 1. The van der Waals surface area contributed by atoms with E-state index in [2.05, 4.69) is 22.2 Å². The van der Waals surface area contributed by atoms with Gasteiger partial charge in [-0.1, -0.05) is 66.9 Å². The Kier molecular flexibility index (Phi) is 8.97. The van der Waals surface area contributed by atoms with Crippen molar-refractivity contribution in [2.45, 2.75) is 61.8 Å². The molecule has 1 aliphatic carbocycles. The van der Waals surface area contributed by atoms with Crippen LogP contribution in [0.15, 0.2) is 59.8 Å². The van der Waals surface area contributed by atoms with Gasteiger partial charge in [-0.25, -0.2) is 9.97 Å². The van der Waals surface area contributed by atoms with E-state index in [9.17, 15) is 18.0 Å². The summed E-state index contributed by atoms with van der Waals surface area (Å²) in [5, 5.41) is 3.67. The number of rotatable bonds is 8. The van der Waals surface area contributed by atoms with E-state index < -0.39 is 11.7 Å². The molecule has 5 nitrogen and oxygen atoms in total. The van der Waals surface area contributed by atoms with E-state index >= 15 is 0 Å². The number of hydrogen-bond acceptors (Lipinski definition) is 5. The highest BCUT2D eigenvalue weighted by Gasteiger charge is 2.30. The van der Waals surface area contributed by atoms with E-state index in [1.165, 1.54) is 37.1 Å². The zero-order valence-corrected chi connectivity index (χ0v) is 22.0. The molecule has 0 aliphatic heterocycles. The third kappa shape index (κ3) is 7.61. The molecule has 1 heterocycles. The topological polar surface area (TPSA) is 58.1 Å². The standard InChI is InChI=1S/C27H28ClF3N4OS/c1-35(22-8-3-2-4-9-22)24-15-23(28)33-26(34-24)37-17-18-10-12-20(13-11-18)25(36)32-16-19-6-5-7-21(14-19)27(29,30)31/h5-7,10-15,22H,2-4,8-9,16-17H2,1H3,(H,32,36). The summed E-state index contributed by atoms with van der Waals surface area (Å²) < 4.78 is 38.7. The van der Waals surface area contributed by atoms with Gasteiger partial charge in [0.15, 0.2) is 5.16 Å². The Morgan fingerprint density at radius 1 is 1.05 bits per heavy atom. The molecule has 2 aromatic carbocycles. The van der Waals surface area contributed by atoms with E-state index in [1.54, 1.807) is 24.3 Å². The van der Waals surface area contributed by atoms with Crippen molar-refractivity contribution < 1.29 is 18.0 Å². The second-order valence-electron chi connectivity index (χ2n) is 9.10. The van der Waals surface area contributed by atoms with Crippen LogP contribution < -0.4 is 10.2 Å². The summed E-state index contributed by atoms with van der Waals surface area (Å²) in [6.45, 7) is 0.00407. The summed E-state index contributed by atoms with van der Waals surface area (Å²) in [7, 11) is 2.06. The molecular weight excluding hydrogens is 521 g/mol. The average molecular weight is 549 g/mol. The molecule has 10 heteroatoms. The zero-order valence-electron chi connectivity index (χ0n) is 20.4. The summed E-state index contributed by atoms with van der Waals surface area (Å²) in [5.41, 5.74) is 1.05. The minimum atomic E-state index is -4.42. The molecule has 37 heavy (non-hydrogen) atoms. The molecule has 0 saturated heterocycles. The number of nitrogens with one attached hydrogen (secondary N) is 1. The van der Waals surface area contributed by atoms with Crippen LogP contribution in [-0.2, 0) is 18.5 Å². The first-order valence-electron chi connectivity index (χ1n) is 12.1. The molecule has 3 aromatic rings. The van der Waals surface area contributed by atoms with Crippen molar-refractivity contribution in [2.24, 2.45) is 0 Å². The van der Waals surface area contributed by atoms with E-state index in [4.69, 9.17) is 16.6 Å². The molecule has 0 atom stereocenters. The predicted octanol–water partition coefficient (Wildman–Crippen LogP) is 7.14. The maximum Gasteiger partial charge on any atom is 0.416 e. The van der Waals surface area contributed by atoms with Crippen molar-refractivity contribution >= 4 is 35.1 Å². The Balaban J connectivity index is 1.32. The Labute approximate surface area is 223 Å². The van der Waals surface area contributed by atoms with Gasteiger partial charge in [-0.3, -0.25) is 4.79 Å². The van der Waals surface area contributed by atoms with Crippen LogP contribution in [0.3, 0.4) is 0 Å².